The molecule has 1 aromatic carbocycles. The van der Waals surface area contributed by atoms with Gasteiger partial charge in [0, 0.05) is 0 Å². The average Bonchev–Trinajstić information content (AvgIpc) is 2.25. The van der Waals surface area contributed by atoms with E-state index < -0.39 is 18.0 Å². The first kappa shape index (κ1) is 11.6. The number of carbonyl (C=O) groups is 2. The summed E-state index contributed by atoms with van der Waals surface area (Å²) < 4.78 is 0. The lowest BCUT2D eigenvalue weighted by Gasteiger charge is -2.19. The Morgan fingerprint density at radius 2 is 1.88 bits per heavy atom. The molecule has 1 atom stereocenters. The van der Waals surface area contributed by atoms with Crippen LogP contribution >= 0.6 is 0 Å². The van der Waals surface area contributed by atoms with Crippen LogP contribution < -0.4 is 5.73 Å². The maximum Gasteiger partial charge on any atom is 0.338 e. The highest BCUT2D eigenvalue weighted by Gasteiger charge is 2.31. The third kappa shape index (κ3) is 2.32. The molecule has 0 aliphatic rings. The maximum absolute atomic E-state index is 11.0. The van der Waals surface area contributed by atoms with Gasteiger partial charge in [0.05, 0.1) is 5.29 Å². The fraction of sp³-hybridized carbons (Fsp3) is 0.111. The van der Waals surface area contributed by atoms with Crippen molar-refractivity contribution >= 4 is 12.0 Å². The summed E-state index contributed by atoms with van der Waals surface area (Å²) in [6.07, 6.45) is 0. The quantitative estimate of drug-likeness (QED) is 0.582. The third-order valence-electron chi connectivity index (χ3n) is 1.91. The van der Waals surface area contributed by atoms with Gasteiger partial charge in [0.1, 0.15) is 0 Å². The van der Waals surface area contributed by atoms with Crippen molar-refractivity contribution in [2.45, 2.75) is 6.04 Å². The van der Waals surface area contributed by atoms with Crippen LogP contribution in [-0.2, 0) is 4.79 Å². The Hall–Kier alpha value is -2.44. The summed E-state index contributed by atoms with van der Waals surface area (Å²) in [7, 11) is 0. The van der Waals surface area contributed by atoms with Crippen molar-refractivity contribution in [2.24, 2.45) is 11.0 Å². The number of hydrogen-bond donors (Lipinski definition) is 2. The number of benzene rings is 1. The minimum Gasteiger partial charge on any atom is -0.479 e. The normalized spacial score (nSPS) is 11.5. The monoisotopic (exact) mass is 223 g/mol. The number of carboxylic acids is 1. The molecule has 84 valence electrons. The zero-order valence-corrected chi connectivity index (χ0v) is 8.11. The predicted octanol–water partition coefficient (Wildman–Crippen LogP) is 0.874. The zero-order valence-electron chi connectivity index (χ0n) is 8.11. The highest BCUT2D eigenvalue weighted by molar-refractivity contribution is 5.82. The van der Waals surface area contributed by atoms with Crippen molar-refractivity contribution in [3.63, 3.8) is 0 Å². The Morgan fingerprint density at radius 1 is 1.31 bits per heavy atom. The summed E-state index contributed by atoms with van der Waals surface area (Å²) in [6.45, 7) is 0. The third-order valence-corrected chi connectivity index (χ3v) is 1.91. The lowest BCUT2D eigenvalue weighted by atomic mass is 10.1. The number of nitrogens with zero attached hydrogens (tertiary/aromatic N) is 2. The molecule has 0 heterocycles. The molecule has 16 heavy (non-hydrogen) atoms. The second-order valence-electron chi connectivity index (χ2n) is 2.92. The van der Waals surface area contributed by atoms with Crippen molar-refractivity contribution < 1.29 is 14.7 Å². The molecule has 0 radical (unpaired) electrons. The zero-order chi connectivity index (χ0) is 12.1. The Kier molecular flexibility index (Phi) is 3.54. The van der Waals surface area contributed by atoms with Gasteiger partial charge >= 0.3 is 12.0 Å². The molecule has 0 saturated carbocycles. The number of primary amides is 1. The first-order chi connectivity index (χ1) is 7.57. The van der Waals surface area contributed by atoms with E-state index in [2.05, 4.69) is 5.29 Å². The van der Waals surface area contributed by atoms with Crippen molar-refractivity contribution in [2.75, 3.05) is 0 Å². The fourth-order valence-corrected chi connectivity index (χ4v) is 1.24. The second-order valence-corrected chi connectivity index (χ2v) is 2.92. The number of nitrogens with two attached hydrogens (primary N) is 1. The molecule has 3 N–H and O–H groups in total. The van der Waals surface area contributed by atoms with Gasteiger partial charge in [-0.25, -0.2) is 9.59 Å². The van der Waals surface area contributed by atoms with Crippen LogP contribution in [-0.4, -0.2) is 22.1 Å². The van der Waals surface area contributed by atoms with Crippen LogP contribution in [0.15, 0.2) is 35.6 Å². The van der Waals surface area contributed by atoms with E-state index >= 15 is 0 Å². The van der Waals surface area contributed by atoms with Crippen LogP contribution in [0.5, 0.6) is 0 Å². The van der Waals surface area contributed by atoms with E-state index in [0.717, 1.165) is 0 Å². The summed E-state index contributed by atoms with van der Waals surface area (Å²) in [5.74, 6) is -1.38. The first-order valence-corrected chi connectivity index (χ1v) is 4.27. The minimum absolute atomic E-state index is 0.178. The Balaban J connectivity index is 3.14. The van der Waals surface area contributed by atoms with Crippen LogP contribution in [0, 0.1) is 4.91 Å². The highest BCUT2D eigenvalue weighted by atomic mass is 16.4. The van der Waals surface area contributed by atoms with Crippen LogP contribution in [0.25, 0.3) is 0 Å². The molecule has 1 rings (SSSR count). The number of urea groups is 1. The molecule has 0 bridgehead atoms. The molecule has 0 saturated heterocycles. The summed E-state index contributed by atoms with van der Waals surface area (Å²) in [4.78, 5) is 32.2. The number of aliphatic carboxylic acids is 1. The van der Waals surface area contributed by atoms with E-state index in [1.165, 1.54) is 12.1 Å². The van der Waals surface area contributed by atoms with E-state index in [4.69, 9.17) is 10.8 Å². The number of nitroso groups, excluding NO2 is 1. The molecule has 0 unspecified atom stereocenters. The van der Waals surface area contributed by atoms with Crippen LogP contribution in [0.1, 0.15) is 11.6 Å². The number of carbonyl (C=O) groups excluding carboxylic acids is 1. The van der Waals surface area contributed by atoms with Gasteiger partial charge < -0.3 is 10.8 Å². The largest absolute Gasteiger partial charge is 0.479 e. The molecule has 0 aliphatic carbocycles. The van der Waals surface area contributed by atoms with E-state index in [1.807, 2.05) is 0 Å². The van der Waals surface area contributed by atoms with Gasteiger partial charge in [0.2, 0.25) is 0 Å². The van der Waals surface area contributed by atoms with Crippen LogP contribution in [0.3, 0.4) is 0 Å². The molecule has 0 fully saturated rings. The van der Waals surface area contributed by atoms with Gasteiger partial charge in [-0.1, -0.05) is 30.3 Å². The molecule has 0 aliphatic heterocycles. The van der Waals surface area contributed by atoms with Gasteiger partial charge in [-0.3, -0.25) is 0 Å². The number of hydrogen-bond acceptors (Lipinski definition) is 4. The Labute approximate surface area is 90.4 Å². The van der Waals surface area contributed by atoms with Gasteiger partial charge in [0.25, 0.3) is 0 Å². The van der Waals surface area contributed by atoms with E-state index in [9.17, 15) is 14.5 Å². The molecule has 0 aromatic heterocycles. The maximum atomic E-state index is 11.0. The molecule has 2 amide bonds. The van der Waals surface area contributed by atoms with Crippen LogP contribution in [0.4, 0.5) is 4.79 Å². The van der Waals surface area contributed by atoms with Gasteiger partial charge in [-0.15, -0.1) is 4.91 Å². The second kappa shape index (κ2) is 4.87. The van der Waals surface area contributed by atoms with Crippen LogP contribution in [0.2, 0.25) is 0 Å². The molecule has 0 spiro atoms. The van der Waals surface area contributed by atoms with Crippen molar-refractivity contribution in [1.29, 1.82) is 0 Å². The molecule has 7 heteroatoms. The molecule has 7 nitrogen and oxygen atoms in total. The minimum atomic E-state index is -1.50. The van der Waals surface area contributed by atoms with Gasteiger partial charge in [-0.05, 0) is 5.56 Å². The standard InChI is InChI=1S/C9H9N3O4/c10-9(15)12(11-16)7(8(13)14)6-4-2-1-3-5-6/h1-5,7H,(H2,10,15)(H,13,14)/t7-/m1/s1. The Bertz CT molecular complexity index is 406. The van der Waals surface area contributed by atoms with E-state index in [1.54, 1.807) is 18.2 Å². The lowest BCUT2D eigenvalue weighted by Crippen LogP contribution is -2.38. The van der Waals surface area contributed by atoms with Gasteiger partial charge in [0.15, 0.2) is 6.04 Å². The number of amides is 2. The average molecular weight is 223 g/mol. The van der Waals surface area contributed by atoms with Crippen molar-refractivity contribution in [3.8, 4) is 0 Å². The predicted molar refractivity (Wildman–Crippen MR) is 54.0 cm³/mol. The molecule has 1 aromatic rings. The van der Waals surface area contributed by atoms with Crippen molar-refractivity contribution in [1.82, 2.24) is 5.01 Å². The number of carboxylic acid groups (broad SMARTS) is 1. The summed E-state index contributed by atoms with van der Waals surface area (Å²) in [5.41, 5.74) is 5.10. The summed E-state index contributed by atoms with van der Waals surface area (Å²) in [5, 5.41) is 11.4. The summed E-state index contributed by atoms with van der Waals surface area (Å²) >= 11 is 0. The topological polar surface area (TPSA) is 113 Å². The van der Waals surface area contributed by atoms with E-state index in [-0.39, 0.29) is 10.6 Å². The molecular formula is C9H9N3O4. The first-order valence-electron chi connectivity index (χ1n) is 4.27. The SMILES string of the molecule is NC(=O)N(N=O)[C@@H](C(=O)O)c1ccccc1. The lowest BCUT2D eigenvalue weighted by molar-refractivity contribution is -0.142. The highest BCUT2D eigenvalue weighted by Crippen LogP contribution is 2.20. The Morgan fingerprint density at radius 3 is 2.25 bits per heavy atom. The number of rotatable bonds is 4. The smallest absolute Gasteiger partial charge is 0.338 e. The molecular weight excluding hydrogens is 214 g/mol. The summed E-state index contributed by atoms with van der Waals surface area (Å²) in [6, 6.07) is 5.03. The fourth-order valence-electron chi connectivity index (χ4n) is 1.24. The van der Waals surface area contributed by atoms with Crippen molar-refractivity contribution in [3.05, 3.63) is 40.8 Å². The van der Waals surface area contributed by atoms with Gasteiger partial charge in [-0.2, -0.15) is 5.01 Å². The van der Waals surface area contributed by atoms with E-state index in [0.29, 0.717) is 0 Å².